The van der Waals surface area contributed by atoms with Crippen LogP contribution in [0.25, 0.3) is 5.69 Å². The standard InChI is InChI=1S/C13H13BrClN3/c14-12-4-1-9(15)5-13(12)18-7-11(17-8-18)6-16-10-2-3-10/h1,4-5,7-8,10,16H,2-3,6H2. The molecule has 3 nitrogen and oxygen atoms in total. The first-order chi connectivity index (χ1) is 8.72. The number of rotatable bonds is 4. The lowest BCUT2D eigenvalue weighted by Crippen LogP contribution is -2.15. The fourth-order valence-corrected chi connectivity index (χ4v) is 2.42. The minimum absolute atomic E-state index is 0.702. The van der Waals surface area contributed by atoms with Gasteiger partial charge in [-0.1, -0.05) is 11.6 Å². The molecule has 2 aromatic rings. The number of nitrogens with one attached hydrogen (secondary N) is 1. The summed E-state index contributed by atoms with van der Waals surface area (Å²) in [5.41, 5.74) is 2.06. The summed E-state index contributed by atoms with van der Waals surface area (Å²) in [5, 5.41) is 4.17. The second-order valence-corrected chi connectivity index (χ2v) is 5.81. The van der Waals surface area contributed by atoms with E-state index < -0.39 is 0 Å². The molecule has 1 aliphatic rings. The van der Waals surface area contributed by atoms with E-state index in [1.807, 2.05) is 35.3 Å². The Balaban J connectivity index is 1.80. The molecule has 1 heterocycles. The number of nitrogens with zero attached hydrogens (tertiary/aromatic N) is 2. The maximum atomic E-state index is 6.02. The molecule has 0 unspecified atom stereocenters. The van der Waals surface area contributed by atoms with Crippen LogP contribution in [0.4, 0.5) is 0 Å². The first-order valence-electron chi connectivity index (χ1n) is 5.94. The molecule has 1 aromatic carbocycles. The predicted octanol–water partition coefficient (Wildman–Crippen LogP) is 3.54. The molecule has 0 saturated heterocycles. The Kier molecular flexibility index (Phi) is 3.41. The number of imidazole rings is 1. The van der Waals surface area contributed by atoms with Crippen LogP contribution in [-0.2, 0) is 6.54 Å². The molecule has 0 amide bonds. The van der Waals surface area contributed by atoms with Gasteiger partial charge < -0.3 is 9.88 Å². The van der Waals surface area contributed by atoms with E-state index in [2.05, 4.69) is 26.2 Å². The van der Waals surface area contributed by atoms with Crippen molar-refractivity contribution < 1.29 is 0 Å². The molecule has 1 saturated carbocycles. The van der Waals surface area contributed by atoms with Gasteiger partial charge >= 0.3 is 0 Å². The van der Waals surface area contributed by atoms with E-state index in [0.717, 1.165) is 27.4 Å². The first kappa shape index (κ1) is 12.2. The van der Waals surface area contributed by atoms with Crippen LogP contribution in [0.2, 0.25) is 5.02 Å². The molecule has 0 spiro atoms. The quantitative estimate of drug-likeness (QED) is 0.931. The van der Waals surface area contributed by atoms with Gasteiger partial charge in [-0.05, 0) is 47.0 Å². The summed E-state index contributed by atoms with van der Waals surface area (Å²) in [6, 6.07) is 6.43. The maximum absolute atomic E-state index is 6.02. The molecule has 3 rings (SSSR count). The normalized spacial score (nSPS) is 15.0. The second kappa shape index (κ2) is 5.03. The molecule has 1 aliphatic carbocycles. The Morgan fingerprint density at radius 1 is 1.44 bits per heavy atom. The highest BCUT2D eigenvalue weighted by Crippen LogP contribution is 2.25. The van der Waals surface area contributed by atoms with E-state index in [4.69, 9.17) is 11.6 Å². The highest BCUT2D eigenvalue weighted by Gasteiger charge is 2.20. The maximum Gasteiger partial charge on any atom is 0.0996 e. The molecule has 1 aromatic heterocycles. The molecule has 0 bridgehead atoms. The Morgan fingerprint density at radius 2 is 2.28 bits per heavy atom. The minimum Gasteiger partial charge on any atom is -0.308 e. The fourth-order valence-electron chi connectivity index (χ4n) is 1.81. The van der Waals surface area contributed by atoms with Crippen molar-refractivity contribution in [1.82, 2.24) is 14.9 Å². The van der Waals surface area contributed by atoms with Crippen LogP contribution in [0.3, 0.4) is 0 Å². The summed E-state index contributed by atoms with van der Waals surface area (Å²) < 4.78 is 2.99. The van der Waals surface area contributed by atoms with Crippen LogP contribution >= 0.6 is 27.5 Å². The van der Waals surface area contributed by atoms with Crippen molar-refractivity contribution in [2.75, 3.05) is 0 Å². The van der Waals surface area contributed by atoms with Crippen LogP contribution in [0.1, 0.15) is 18.5 Å². The molecule has 0 radical (unpaired) electrons. The summed E-state index contributed by atoms with van der Waals surface area (Å²) in [6.07, 6.45) is 6.44. The summed E-state index contributed by atoms with van der Waals surface area (Å²) >= 11 is 9.54. The van der Waals surface area contributed by atoms with E-state index in [-0.39, 0.29) is 0 Å². The number of hydrogen-bond donors (Lipinski definition) is 1. The van der Waals surface area contributed by atoms with Gasteiger partial charge in [0.05, 0.1) is 17.7 Å². The zero-order valence-corrected chi connectivity index (χ0v) is 12.1. The topological polar surface area (TPSA) is 29.9 Å². The lowest BCUT2D eigenvalue weighted by Gasteiger charge is -2.05. The third kappa shape index (κ3) is 2.76. The van der Waals surface area contributed by atoms with Gasteiger partial charge in [0.1, 0.15) is 0 Å². The lowest BCUT2D eigenvalue weighted by atomic mass is 10.3. The van der Waals surface area contributed by atoms with Crippen molar-refractivity contribution in [1.29, 1.82) is 0 Å². The fraction of sp³-hybridized carbons (Fsp3) is 0.308. The summed E-state index contributed by atoms with van der Waals surface area (Å²) in [7, 11) is 0. The smallest absolute Gasteiger partial charge is 0.0996 e. The molecule has 1 fully saturated rings. The Hall–Kier alpha value is -0.840. The Labute approximate surface area is 119 Å². The van der Waals surface area contributed by atoms with Crippen LogP contribution in [0.15, 0.2) is 35.2 Å². The zero-order chi connectivity index (χ0) is 12.5. The average molecular weight is 327 g/mol. The van der Waals surface area contributed by atoms with Gasteiger partial charge in [-0.2, -0.15) is 0 Å². The predicted molar refractivity (Wildman–Crippen MR) is 76.1 cm³/mol. The van der Waals surface area contributed by atoms with Crippen molar-refractivity contribution in [3.63, 3.8) is 0 Å². The molecular formula is C13H13BrClN3. The van der Waals surface area contributed by atoms with Crippen LogP contribution < -0.4 is 5.32 Å². The van der Waals surface area contributed by atoms with Crippen molar-refractivity contribution in [3.05, 3.63) is 45.9 Å². The van der Waals surface area contributed by atoms with Gasteiger partial charge in [0.25, 0.3) is 0 Å². The SMILES string of the molecule is Clc1ccc(Br)c(-n2cnc(CNC3CC3)c2)c1. The molecule has 18 heavy (non-hydrogen) atoms. The van der Waals surface area contributed by atoms with Crippen molar-refractivity contribution in [2.45, 2.75) is 25.4 Å². The van der Waals surface area contributed by atoms with Gasteiger partial charge in [-0.25, -0.2) is 4.98 Å². The molecule has 0 atom stereocenters. The third-order valence-corrected chi connectivity index (χ3v) is 3.88. The summed E-state index contributed by atoms with van der Waals surface area (Å²) in [6.45, 7) is 0.829. The van der Waals surface area contributed by atoms with Crippen LogP contribution in [0, 0.1) is 0 Å². The zero-order valence-electron chi connectivity index (χ0n) is 9.74. The van der Waals surface area contributed by atoms with Gasteiger partial charge in [-0.15, -0.1) is 0 Å². The number of hydrogen-bond acceptors (Lipinski definition) is 2. The Morgan fingerprint density at radius 3 is 3.06 bits per heavy atom. The van der Waals surface area contributed by atoms with E-state index >= 15 is 0 Å². The monoisotopic (exact) mass is 325 g/mol. The molecule has 1 N–H and O–H groups in total. The highest BCUT2D eigenvalue weighted by molar-refractivity contribution is 9.10. The third-order valence-electron chi connectivity index (χ3n) is 2.97. The van der Waals surface area contributed by atoms with Gasteiger partial charge in [0, 0.05) is 28.3 Å². The van der Waals surface area contributed by atoms with Crippen LogP contribution in [0.5, 0.6) is 0 Å². The average Bonchev–Trinajstić information content (AvgIpc) is 3.08. The first-order valence-corrected chi connectivity index (χ1v) is 7.11. The van der Waals surface area contributed by atoms with E-state index in [1.165, 1.54) is 12.8 Å². The number of halogens is 2. The molecular weight excluding hydrogens is 314 g/mol. The van der Waals surface area contributed by atoms with Crippen molar-refractivity contribution in [2.24, 2.45) is 0 Å². The van der Waals surface area contributed by atoms with Gasteiger partial charge in [0.2, 0.25) is 0 Å². The number of aromatic nitrogens is 2. The lowest BCUT2D eigenvalue weighted by molar-refractivity contribution is 0.677. The highest BCUT2D eigenvalue weighted by atomic mass is 79.9. The van der Waals surface area contributed by atoms with Crippen molar-refractivity contribution in [3.8, 4) is 5.69 Å². The summed E-state index contributed by atoms with van der Waals surface area (Å²) in [4.78, 5) is 4.40. The Bertz CT molecular complexity index is 563. The second-order valence-electron chi connectivity index (χ2n) is 4.52. The minimum atomic E-state index is 0.702. The van der Waals surface area contributed by atoms with Gasteiger partial charge in [0.15, 0.2) is 0 Å². The van der Waals surface area contributed by atoms with Crippen molar-refractivity contribution >= 4 is 27.5 Å². The van der Waals surface area contributed by atoms with E-state index in [0.29, 0.717) is 6.04 Å². The summed E-state index contributed by atoms with van der Waals surface area (Å²) in [5.74, 6) is 0. The molecule has 94 valence electrons. The largest absolute Gasteiger partial charge is 0.308 e. The van der Waals surface area contributed by atoms with Crippen LogP contribution in [-0.4, -0.2) is 15.6 Å². The van der Waals surface area contributed by atoms with E-state index in [9.17, 15) is 0 Å². The van der Waals surface area contributed by atoms with E-state index in [1.54, 1.807) is 0 Å². The van der Waals surface area contributed by atoms with Gasteiger partial charge in [-0.3, -0.25) is 0 Å². The molecule has 0 aliphatic heterocycles. The number of benzene rings is 1. The molecule has 5 heteroatoms.